The smallest absolute Gasteiger partial charge is 0.420 e. The molecule has 53 heavy (non-hydrogen) atoms. The van der Waals surface area contributed by atoms with E-state index in [1.165, 1.54) is 31.7 Å². The highest BCUT2D eigenvalue weighted by molar-refractivity contribution is 5.89. The first-order valence-corrected chi connectivity index (χ1v) is 17.6. The molecule has 0 saturated carbocycles. The Morgan fingerprint density at radius 3 is 1.83 bits per heavy atom. The fourth-order valence-electron chi connectivity index (χ4n) is 5.59. The lowest BCUT2D eigenvalue weighted by molar-refractivity contribution is -0.140. The van der Waals surface area contributed by atoms with Crippen molar-refractivity contribution in [2.24, 2.45) is 0 Å². The molecule has 2 aliphatic rings. The van der Waals surface area contributed by atoms with Gasteiger partial charge in [-0.05, 0) is 48.5 Å². The van der Waals surface area contributed by atoms with Crippen molar-refractivity contribution in [2.45, 2.75) is 78.7 Å². The summed E-state index contributed by atoms with van der Waals surface area (Å²) in [5, 5.41) is 9.04. The number of hydrogen-bond donors (Lipinski definition) is 1. The number of rotatable bonds is 12. The summed E-state index contributed by atoms with van der Waals surface area (Å²) in [6.07, 6.45) is 4.02. The Hall–Kier alpha value is -4.97. The van der Waals surface area contributed by atoms with Crippen molar-refractivity contribution in [3.8, 4) is 0 Å². The number of carboxylic acids is 1. The van der Waals surface area contributed by atoms with Crippen LogP contribution in [0.2, 0.25) is 0 Å². The zero-order valence-electron chi connectivity index (χ0n) is 31.6. The van der Waals surface area contributed by atoms with Crippen molar-refractivity contribution in [1.29, 1.82) is 0 Å². The van der Waals surface area contributed by atoms with Crippen molar-refractivity contribution < 1.29 is 43.3 Å². The zero-order valence-corrected chi connectivity index (χ0v) is 31.6. The number of aromatic nitrogens is 4. The summed E-state index contributed by atoms with van der Waals surface area (Å²) in [6.45, 7) is 16.7. The predicted octanol–water partition coefficient (Wildman–Crippen LogP) is 2.47. The van der Waals surface area contributed by atoms with Gasteiger partial charge in [0, 0.05) is 82.7 Å². The number of anilines is 2. The molecule has 0 radical (unpaired) electrons. The van der Waals surface area contributed by atoms with Gasteiger partial charge < -0.3 is 34.0 Å². The van der Waals surface area contributed by atoms with E-state index in [0.29, 0.717) is 56.8 Å². The van der Waals surface area contributed by atoms with Crippen LogP contribution in [0.3, 0.4) is 0 Å². The number of amides is 3. The quantitative estimate of drug-likeness (QED) is 0.311. The number of carboxylic acid groups (broad SMARTS) is 1. The number of imide groups is 1. The molecule has 1 N–H and O–H groups in total. The number of ketones is 1. The molecule has 3 amide bonds. The van der Waals surface area contributed by atoms with E-state index in [9.17, 15) is 24.0 Å². The molecule has 2 saturated heterocycles. The third-order valence-electron chi connectivity index (χ3n) is 8.27. The molecular formula is C35H51N9O9. The second-order valence-corrected chi connectivity index (χ2v) is 14.9. The van der Waals surface area contributed by atoms with Crippen molar-refractivity contribution in [1.82, 2.24) is 34.6 Å². The summed E-state index contributed by atoms with van der Waals surface area (Å²) in [5.41, 5.74) is -1.16. The number of Topliss-reactive ketones (excluding diaryl/α,β-unsaturated/α-hetero) is 1. The van der Waals surface area contributed by atoms with Gasteiger partial charge in [0.05, 0.1) is 31.7 Å². The fraction of sp³-hybridized carbons (Fsp3) is 0.629. The number of ether oxygens (including phenoxy) is 3. The Labute approximate surface area is 309 Å². The molecule has 4 rings (SSSR count). The van der Waals surface area contributed by atoms with Crippen LogP contribution in [0.15, 0.2) is 24.8 Å². The van der Waals surface area contributed by atoms with Crippen LogP contribution in [0.25, 0.3) is 0 Å². The van der Waals surface area contributed by atoms with Gasteiger partial charge in [0.1, 0.15) is 17.2 Å². The Morgan fingerprint density at radius 2 is 1.30 bits per heavy atom. The zero-order chi connectivity index (χ0) is 38.9. The molecule has 2 aromatic heterocycles. The van der Waals surface area contributed by atoms with E-state index < -0.39 is 35.4 Å². The van der Waals surface area contributed by atoms with Crippen LogP contribution in [-0.2, 0) is 30.3 Å². The minimum absolute atomic E-state index is 0.0462. The number of aromatic carboxylic acids is 1. The highest BCUT2D eigenvalue weighted by atomic mass is 16.6. The Kier molecular flexibility index (Phi) is 13.6. The summed E-state index contributed by atoms with van der Waals surface area (Å²) < 4.78 is 16.6. The Morgan fingerprint density at radius 1 is 0.774 bits per heavy atom. The third kappa shape index (κ3) is 12.3. The molecule has 290 valence electrons. The lowest BCUT2D eigenvalue weighted by Crippen LogP contribution is -2.58. The number of nitrogens with zero attached hydrogens (tertiary/aromatic N) is 9. The molecule has 18 heteroatoms. The summed E-state index contributed by atoms with van der Waals surface area (Å²) in [7, 11) is 0. The van der Waals surface area contributed by atoms with Crippen LogP contribution in [0.5, 0.6) is 0 Å². The monoisotopic (exact) mass is 741 g/mol. The van der Waals surface area contributed by atoms with Crippen LogP contribution in [0.1, 0.15) is 70.8 Å². The molecule has 2 aromatic rings. The number of carbonyl (C=O) groups is 5. The fourth-order valence-corrected chi connectivity index (χ4v) is 5.59. The number of piperazine rings is 2. The molecule has 4 heterocycles. The normalized spacial score (nSPS) is 17.0. The van der Waals surface area contributed by atoms with Gasteiger partial charge >= 0.3 is 18.2 Å². The van der Waals surface area contributed by atoms with Crippen molar-refractivity contribution >= 4 is 41.7 Å². The van der Waals surface area contributed by atoms with E-state index >= 15 is 0 Å². The van der Waals surface area contributed by atoms with Crippen molar-refractivity contribution in [3.63, 3.8) is 0 Å². The summed E-state index contributed by atoms with van der Waals surface area (Å²) in [4.78, 5) is 88.4. The average Bonchev–Trinajstić information content (AvgIpc) is 3.09. The van der Waals surface area contributed by atoms with Crippen LogP contribution in [-0.4, -0.2) is 152 Å². The Balaban J connectivity index is 1.22. The van der Waals surface area contributed by atoms with Crippen LogP contribution in [0.4, 0.5) is 21.5 Å². The van der Waals surface area contributed by atoms with Crippen LogP contribution >= 0.6 is 0 Å². The summed E-state index contributed by atoms with van der Waals surface area (Å²) in [6, 6.07) is -0.685. The maximum absolute atomic E-state index is 13.2. The number of carbonyl (C=O) groups excluding carboxylic acids is 4. The summed E-state index contributed by atoms with van der Waals surface area (Å²) in [5.74, 6) is -0.549. The van der Waals surface area contributed by atoms with Gasteiger partial charge in [-0.3, -0.25) is 14.5 Å². The predicted molar refractivity (Wildman–Crippen MR) is 192 cm³/mol. The van der Waals surface area contributed by atoms with E-state index in [0.717, 1.165) is 18.0 Å². The molecule has 18 nitrogen and oxygen atoms in total. The van der Waals surface area contributed by atoms with Gasteiger partial charge in [0.15, 0.2) is 5.78 Å². The average molecular weight is 742 g/mol. The van der Waals surface area contributed by atoms with Gasteiger partial charge in [-0.2, -0.15) is 0 Å². The molecule has 1 atom stereocenters. The maximum Gasteiger partial charge on any atom is 0.420 e. The highest BCUT2D eigenvalue weighted by Gasteiger charge is 2.35. The minimum atomic E-state index is -1.06. The lowest BCUT2D eigenvalue weighted by Gasteiger charge is -2.40. The van der Waals surface area contributed by atoms with Crippen molar-refractivity contribution in [3.05, 3.63) is 35.9 Å². The largest absolute Gasteiger partial charge is 0.478 e. The summed E-state index contributed by atoms with van der Waals surface area (Å²) >= 11 is 0. The molecule has 0 aromatic carbocycles. The molecule has 0 bridgehead atoms. The molecule has 0 aliphatic carbocycles. The van der Waals surface area contributed by atoms with Crippen LogP contribution < -0.4 is 9.80 Å². The number of hydrogen-bond acceptors (Lipinski definition) is 15. The molecule has 2 fully saturated rings. The van der Waals surface area contributed by atoms with E-state index in [1.807, 2.05) is 9.80 Å². The van der Waals surface area contributed by atoms with Crippen LogP contribution in [0, 0.1) is 0 Å². The van der Waals surface area contributed by atoms with Gasteiger partial charge in [-0.25, -0.2) is 39.2 Å². The van der Waals surface area contributed by atoms with Gasteiger partial charge in [-0.15, -0.1) is 0 Å². The second kappa shape index (κ2) is 17.7. The first-order valence-electron chi connectivity index (χ1n) is 17.6. The van der Waals surface area contributed by atoms with E-state index in [2.05, 4.69) is 24.8 Å². The second-order valence-electron chi connectivity index (χ2n) is 14.9. The Bertz CT molecular complexity index is 1560. The van der Waals surface area contributed by atoms with Gasteiger partial charge in [0.2, 0.25) is 17.8 Å². The lowest BCUT2D eigenvalue weighted by atomic mass is 10.1. The van der Waals surface area contributed by atoms with E-state index in [1.54, 1.807) is 46.4 Å². The van der Waals surface area contributed by atoms with Gasteiger partial charge in [-0.1, -0.05) is 0 Å². The molecule has 0 spiro atoms. The maximum atomic E-state index is 13.2. The van der Waals surface area contributed by atoms with E-state index in [4.69, 9.17) is 19.3 Å². The van der Waals surface area contributed by atoms with E-state index in [-0.39, 0.29) is 43.4 Å². The molecular weight excluding hydrogens is 690 g/mol. The minimum Gasteiger partial charge on any atom is -0.478 e. The highest BCUT2D eigenvalue weighted by Crippen LogP contribution is 2.20. The van der Waals surface area contributed by atoms with Gasteiger partial charge in [0.25, 0.3) is 0 Å². The SMILES string of the molecule is CC(=O)[C@H]1CN(c2ncc(CN(C(=O)OC(C)(C)C)C(=O)OC(C)(C)C)cn2)CCN1C(=O)CCOCCN1CCN(c2ncc(C(=O)O)cn2)CC1. The first-order chi connectivity index (χ1) is 24.9. The molecule has 0 unspecified atom stereocenters. The van der Waals surface area contributed by atoms with Crippen molar-refractivity contribution in [2.75, 3.05) is 75.4 Å². The first kappa shape index (κ1) is 40.8. The topological polar surface area (TPSA) is 201 Å². The standard InChI is InChI=1S/C35H51N9O9/c1-24(45)27-23-42(31-36-18-25(19-37-31)22-44(32(49)52-34(2,3)4)33(50)53-35(5,6)7)13-14-43(27)28(46)8-16-51-17-15-40-9-11-41(12-10-40)30-38-20-26(21-39-30)29(47)48/h18-21,27H,8-17,22-23H2,1-7H3,(H,47,48)/t27-/m1/s1. The molecule has 2 aliphatic heterocycles. The third-order valence-corrected chi connectivity index (χ3v) is 8.27.